The minimum absolute atomic E-state index is 0.208. The molecule has 1 fully saturated rings. The molecular weight excluding hydrogens is 213 g/mol. The predicted octanol–water partition coefficient (Wildman–Crippen LogP) is 3.02. The van der Waals surface area contributed by atoms with Crippen LogP contribution in [-0.4, -0.2) is 13.1 Å². The molecule has 0 saturated heterocycles. The molecule has 3 heteroatoms. The van der Waals surface area contributed by atoms with Crippen LogP contribution in [0.5, 0.6) is 0 Å². The van der Waals surface area contributed by atoms with E-state index in [1.807, 2.05) is 7.05 Å². The van der Waals surface area contributed by atoms with Gasteiger partial charge in [0.1, 0.15) is 5.82 Å². The number of rotatable bonds is 4. The van der Waals surface area contributed by atoms with Gasteiger partial charge in [-0.05, 0) is 56.0 Å². The zero-order valence-corrected chi connectivity index (χ0v) is 9.52. The molecule has 0 spiro atoms. The smallest absolute Gasteiger partial charge is 0.123 e. The predicted molar refractivity (Wildman–Crippen MR) is 60.7 cm³/mol. The number of hydrogen-bond donors (Lipinski definition) is 1. The molecule has 1 nitrogen and oxygen atoms in total. The Bertz CT molecular complexity index is 349. The Hall–Kier alpha value is -0.600. The van der Waals surface area contributed by atoms with E-state index in [-0.39, 0.29) is 5.82 Å². The van der Waals surface area contributed by atoms with Gasteiger partial charge < -0.3 is 5.32 Å². The second-order valence-corrected chi connectivity index (χ2v) is 4.58. The number of benzene rings is 1. The summed E-state index contributed by atoms with van der Waals surface area (Å²) in [5.41, 5.74) is 0.905. The first-order chi connectivity index (χ1) is 7.20. The van der Waals surface area contributed by atoms with E-state index in [0.717, 1.165) is 17.9 Å². The highest BCUT2D eigenvalue weighted by molar-refractivity contribution is 6.31. The second kappa shape index (κ2) is 4.50. The Balaban J connectivity index is 2.11. The Kier molecular flexibility index (Phi) is 3.27. The standard InChI is InChI=1S/C12H15ClFN/c1-15-12(8-2-3-8)7-9-6-10(14)4-5-11(9)13/h4-6,8,12,15H,2-3,7H2,1H3. The molecule has 1 aliphatic carbocycles. The van der Waals surface area contributed by atoms with Crippen molar-refractivity contribution in [3.63, 3.8) is 0 Å². The summed E-state index contributed by atoms with van der Waals surface area (Å²) in [5, 5.41) is 3.94. The van der Waals surface area contributed by atoms with Gasteiger partial charge in [0.05, 0.1) is 0 Å². The highest BCUT2D eigenvalue weighted by atomic mass is 35.5. The van der Waals surface area contributed by atoms with Crippen molar-refractivity contribution >= 4 is 11.6 Å². The van der Waals surface area contributed by atoms with Gasteiger partial charge in [0.25, 0.3) is 0 Å². The van der Waals surface area contributed by atoms with Crippen LogP contribution in [0.2, 0.25) is 5.02 Å². The van der Waals surface area contributed by atoms with Crippen LogP contribution in [0.25, 0.3) is 0 Å². The van der Waals surface area contributed by atoms with Crippen molar-refractivity contribution in [1.29, 1.82) is 0 Å². The lowest BCUT2D eigenvalue weighted by atomic mass is 10.0. The number of hydrogen-bond acceptors (Lipinski definition) is 1. The summed E-state index contributed by atoms with van der Waals surface area (Å²) >= 11 is 6.03. The molecule has 0 heterocycles. The van der Waals surface area contributed by atoms with Gasteiger partial charge in [0.2, 0.25) is 0 Å². The molecule has 0 aromatic heterocycles. The lowest BCUT2D eigenvalue weighted by Gasteiger charge is -2.16. The maximum Gasteiger partial charge on any atom is 0.123 e. The van der Waals surface area contributed by atoms with Crippen LogP contribution in [0.4, 0.5) is 4.39 Å². The average Bonchev–Trinajstić information content (AvgIpc) is 3.03. The van der Waals surface area contributed by atoms with Gasteiger partial charge in [-0.15, -0.1) is 0 Å². The summed E-state index contributed by atoms with van der Waals surface area (Å²) in [4.78, 5) is 0. The van der Waals surface area contributed by atoms with Gasteiger partial charge in [-0.2, -0.15) is 0 Å². The molecule has 0 aliphatic heterocycles. The minimum Gasteiger partial charge on any atom is -0.316 e. The van der Waals surface area contributed by atoms with Crippen LogP contribution in [-0.2, 0) is 6.42 Å². The third-order valence-corrected chi connectivity index (χ3v) is 3.38. The fraction of sp³-hybridized carbons (Fsp3) is 0.500. The van der Waals surface area contributed by atoms with Gasteiger partial charge in [0, 0.05) is 11.1 Å². The van der Waals surface area contributed by atoms with E-state index in [1.165, 1.54) is 25.0 Å². The van der Waals surface area contributed by atoms with Crippen LogP contribution in [0.15, 0.2) is 18.2 Å². The van der Waals surface area contributed by atoms with Crippen molar-refractivity contribution in [3.8, 4) is 0 Å². The Morgan fingerprint density at radius 1 is 1.53 bits per heavy atom. The van der Waals surface area contributed by atoms with Gasteiger partial charge in [-0.3, -0.25) is 0 Å². The maximum atomic E-state index is 13.0. The summed E-state index contributed by atoms with van der Waals surface area (Å²) < 4.78 is 13.0. The van der Waals surface area contributed by atoms with E-state index in [2.05, 4.69) is 5.32 Å². The minimum atomic E-state index is -0.208. The Morgan fingerprint density at radius 2 is 2.27 bits per heavy atom. The average molecular weight is 228 g/mol. The molecule has 1 saturated carbocycles. The Labute approximate surface area is 94.6 Å². The third kappa shape index (κ3) is 2.70. The zero-order chi connectivity index (χ0) is 10.8. The quantitative estimate of drug-likeness (QED) is 0.834. The van der Waals surface area contributed by atoms with E-state index < -0.39 is 0 Å². The molecule has 0 amide bonds. The molecule has 15 heavy (non-hydrogen) atoms. The highest BCUT2D eigenvalue weighted by Gasteiger charge is 2.30. The number of likely N-dealkylation sites (N-methyl/N-ethyl adjacent to an activating group) is 1. The Morgan fingerprint density at radius 3 is 2.87 bits per heavy atom. The molecule has 1 aromatic rings. The largest absolute Gasteiger partial charge is 0.316 e. The van der Waals surface area contributed by atoms with Crippen molar-refractivity contribution in [1.82, 2.24) is 5.32 Å². The van der Waals surface area contributed by atoms with E-state index in [0.29, 0.717) is 11.1 Å². The lowest BCUT2D eigenvalue weighted by molar-refractivity contribution is 0.499. The summed E-state index contributed by atoms with van der Waals surface area (Å²) in [6.07, 6.45) is 3.37. The fourth-order valence-corrected chi connectivity index (χ4v) is 2.13. The first-order valence-corrected chi connectivity index (χ1v) is 5.69. The molecule has 1 atom stereocenters. The van der Waals surface area contributed by atoms with Gasteiger partial charge >= 0.3 is 0 Å². The molecule has 82 valence electrons. The molecule has 1 N–H and O–H groups in total. The zero-order valence-electron chi connectivity index (χ0n) is 8.76. The van der Waals surface area contributed by atoms with Gasteiger partial charge in [0.15, 0.2) is 0 Å². The lowest BCUT2D eigenvalue weighted by Crippen LogP contribution is -2.29. The van der Waals surface area contributed by atoms with Gasteiger partial charge in [-0.25, -0.2) is 4.39 Å². The van der Waals surface area contributed by atoms with Crippen LogP contribution in [0.1, 0.15) is 18.4 Å². The highest BCUT2D eigenvalue weighted by Crippen LogP contribution is 2.34. The molecular formula is C12H15ClFN. The summed E-state index contributed by atoms with van der Waals surface area (Å²) in [6.45, 7) is 0. The molecule has 1 aliphatic rings. The summed E-state index contributed by atoms with van der Waals surface area (Å²) in [7, 11) is 1.95. The fourth-order valence-electron chi connectivity index (χ4n) is 1.94. The van der Waals surface area contributed by atoms with Crippen LogP contribution >= 0.6 is 11.6 Å². The van der Waals surface area contributed by atoms with Crippen molar-refractivity contribution in [3.05, 3.63) is 34.6 Å². The van der Waals surface area contributed by atoms with Crippen LogP contribution in [0, 0.1) is 11.7 Å². The van der Waals surface area contributed by atoms with Crippen molar-refractivity contribution < 1.29 is 4.39 Å². The number of halogens is 2. The third-order valence-electron chi connectivity index (χ3n) is 3.01. The molecule has 2 rings (SSSR count). The SMILES string of the molecule is CNC(Cc1cc(F)ccc1Cl)C1CC1. The summed E-state index contributed by atoms with van der Waals surface area (Å²) in [5.74, 6) is 0.536. The number of nitrogens with one attached hydrogen (secondary N) is 1. The van der Waals surface area contributed by atoms with Crippen molar-refractivity contribution in [2.45, 2.75) is 25.3 Å². The maximum absolute atomic E-state index is 13.0. The topological polar surface area (TPSA) is 12.0 Å². The van der Waals surface area contributed by atoms with Crippen LogP contribution in [0.3, 0.4) is 0 Å². The summed E-state index contributed by atoms with van der Waals surface area (Å²) in [6, 6.07) is 5.00. The monoisotopic (exact) mass is 227 g/mol. The first kappa shape index (κ1) is 10.9. The molecule has 0 radical (unpaired) electrons. The van der Waals surface area contributed by atoms with Crippen molar-refractivity contribution in [2.75, 3.05) is 7.05 Å². The normalized spacial score (nSPS) is 17.8. The molecule has 1 aromatic carbocycles. The van der Waals surface area contributed by atoms with Gasteiger partial charge in [-0.1, -0.05) is 11.6 Å². The molecule has 0 bridgehead atoms. The van der Waals surface area contributed by atoms with E-state index in [4.69, 9.17) is 11.6 Å². The van der Waals surface area contributed by atoms with E-state index in [1.54, 1.807) is 6.07 Å². The first-order valence-electron chi connectivity index (χ1n) is 5.32. The molecule has 1 unspecified atom stereocenters. The van der Waals surface area contributed by atoms with E-state index in [9.17, 15) is 4.39 Å². The van der Waals surface area contributed by atoms with Crippen molar-refractivity contribution in [2.24, 2.45) is 5.92 Å². The second-order valence-electron chi connectivity index (χ2n) is 4.17. The van der Waals surface area contributed by atoms with Crippen LogP contribution < -0.4 is 5.32 Å². The van der Waals surface area contributed by atoms with E-state index >= 15 is 0 Å².